The molecule has 2 heterocycles. The highest BCUT2D eigenvalue weighted by Crippen LogP contribution is 2.64. The lowest BCUT2D eigenvalue weighted by atomic mass is 9.99. The molecule has 14 heteroatoms. The molecule has 0 radical (unpaired) electrons. The van der Waals surface area contributed by atoms with Crippen LogP contribution in [-0.4, -0.2) is 70.7 Å². The minimum atomic E-state index is -4.82. The fourth-order valence-electron chi connectivity index (χ4n) is 4.80. The Balaban J connectivity index is 1.32. The molecule has 6 unspecified atom stereocenters. The van der Waals surface area contributed by atoms with E-state index < -0.39 is 51.1 Å². The Kier molecular flexibility index (Phi) is 5.68. The smallest absolute Gasteiger partial charge is 0.340 e. The second kappa shape index (κ2) is 8.05. The number of aliphatic hydroxyl groups is 2. The minimum Gasteiger partial charge on any atom is -0.387 e. The number of nitrogens with zero attached hydrogens (tertiary/aromatic N) is 2. The molecule has 1 aromatic carbocycles. The average molecular weight is 501 g/mol. The minimum absolute atomic E-state index is 0.370. The largest absolute Gasteiger partial charge is 0.387 e. The Bertz CT molecular complexity index is 1170. The van der Waals surface area contributed by atoms with E-state index in [9.17, 15) is 24.2 Å². The predicted molar refractivity (Wildman–Crippen MR) is 116 cm³/mol. The van der Waals surface area contributed by atoms with Crippen LogP contribution >= 0.6 is 15.2 Å². The summed E-state index contributed by atoms with van der Waals surface area (Å²) in [5.74, 6) is -0.662. The highest BCUT2D eigenvalue weighted by Gasteiger charge is 2.78. The van der Waals surface area contributed by atoms with Gasteiger partial charge < -0.3 is 34.9 Å². The standard InChI is InChI=1S/C19H25N3O9P2/c23-15-14(30-16-17(19(15,16)24)31-33(28,29)9-32(25,26)27)10-5-6-12-13(7-10)20-8-21-18(12)22-11-3-1-2-4-11/h5-8,11,14-17,23-24H,1-4,9H2,(H,28,29)(H,20,21,22)(H2,25,26,27). The third-order valence-corrected chi connectivity index (χ3v) is 9.92. The van der Waals surface area contributed by atoms with Crippen LogP contribution in [0.15, 0.2) is 24.5 Å². The molecular weight excluding hydrogens is 476 g/mol. The molecule has 12 nitrogen and oxygen atoms in total. The second-order valence-corrected chi connectivity index (χ2v) is 12.9. The summed E-state index contributed by atoms with van der Waals surface area (Å²) in [4.78, 5) is 36.2. The number of hydrogen-bond donors (Lipinski definition) is 6. The Morgan fingerprint density at radius 3 is 2.55 bits per heavy atom. The van der Waals surface area contributed by atoms with Crippen LogP contribution in [0.1, 0.15) is 37.4 Å². The molecule has 6 N–H and O–H groups in total. The van der Waals surface area contributed by atoms with Crippen LogP contribution in [-0.2, 0) is 18.4 Å². The van der Waals surface area contributed by atoms with E-state index in [1.54, 1.807) is 12.1 Å². The number of aromatic nitrogens is 2. The van der Waals surface area contributed by atoms with Gasteiger partial charge in [0.15, 0.2) is 11.5 Å². The van der Waals surface area contributed by atoms with E-state index in [4.69, 9.17) is 19.0 Å². The van der Waals surface area contributed by atoms with Crippen LogP contribution in [0.3, 0.4) is 0 Å². The average Bonchev–Trinajstić information content (AvgIpc) is 3.04. The highest BCUT2D eigenvalue weighted by atomic mass is 31.2. The van der Waals surface area contributed by atoms with Crippen molar-refractivity contribution in [2.24, 2.45) is 0 Å². The topological polar surface area (TPSA) is 192 Å². The number of hydrogen-bond acceptors (Lipinski definition) is 9. The summed E-state index contributed by atoms with van der Waals surface area (Å²) in [6.45, 7) is 0. The van der Waals surface area contributed by atoms with Gasteiger partial charge in [-0.3, -0.25) is 13.7 Å². The Morgan fingerprint density at radius 2 is 1.91 bits per heavy atom. The maximum absolute atomic E-state index is 12.0. The van der Waals surface area contributed by atoms with Gasteiger partial charge in [0.25, 0.3) is 0 Å². The first kappa shape index (κ1) is 23.3. The quantitative estimate of drug-likeness (QED) is 0.298. The number of ether oxygens (including phenoxy) is 1. The summed E-state index contributed by atoms with van der Waals surface area (Å²) in [6, 6.07) is 5.63. The summed E-state index contributed by atoms with van der Waals surface area (Å²) < 4.78 is 33.6. The van der Waals surface area contributed by atoms with Gasteiger partial charge in [0.1, 0.15) is 36.6 Å². The van der Waals surface area contributed by atoms with E-state index in [1.165, 1.54) is 19.2 Å². The molecule has 6 atom stereocenters. The third kappa shape index (κ3) is 4.36. The molecule has 2 saturated carbocycles. The monoisotopic (exact) mass is 501 g/mol. The van der Waals surface area contributed by atoms with Gasteiger partial charge in [0, 0.05) is 11.4 Å². The van der Waals surface area contributed by atoms with Crippen molar-refractivity contribution in [3.63, 3.8) is 0 Å². The molecule has 3 fully saturated rings. The number of benzene rings is 1. The Hall–Kier alpha value is -1.46. The van der Waals surface area contributed by atoms with Crippen molar-refractivity contribution in [1.82, 2.24) is 9.97 Å². The van der Waals surface area contributed by atoms with Crippen LogP contribution in [0.4, 0.5) is 5.82 Å². The first-order chi connectivity index (χ1) is 15.5. The number of aliphatic hydroxyl groups excluding tert-OH is 1. The van der Waals surface area contributed by atoms with Crippen LogP contribution in [0.25, 0.3) is 10.9 Å². The SMILES string of the molecule is O=P(O)(O)CP(=O)(O)OC1C2OC(c3ccc4c(NC5CCCC5)ncnc4c3)C(O)C21O. The molecule has 0 amide bonds. The molecule has 1 aromatic heterocycles. The van der Waals surface area contributed by atoms with Gasteiger partial charge in [0.05, 0.1) is 5.52 Å². The summed E-state index contributed by atoms with van der Waals surface area (Å²) in [5, 5.41) is 25.7. The van der Waals surface area contributed by atoms with Gasteiger partial charge in [-0.1, -0.05) is 18.9 Å². The van der Waals surface area contributed by atoms with E-state index in [-0.39, 0.29) is 0 Å². The fourth-order valence-corrected chi connectivity index (χ4v) is 7.56. The molecule has 2 aliphatic carbocycles. The van der Waals surface area contributed by atoms with Crippen LogP contribution in [0.5, 0.6) is 0 Å². The van der Waals surface area contributed by atoms with Gasteiger partial charge in [0.2, 0.25) is 0 Å². The van der Waals surface area contributed by atoms with Crippen molar-refractivity contribution < 1.29 is 43.3 Å². The van der Waals surface area contributed by atoms with Gasteiger partial charge in [-0.25, -0.2) is 9.97 Å². The van der Waals surface area contributed by atoms with Crippen molar-refractivity contribution in [3.05, 3.63) is 30.1 Å². The number of rotatable bonds is 7. The third-order valence-electron chi connectivity index (χ3n) is 6.46. The first-order valence-electron chi connectivity index (χ1n) is 10.6. The number of nitrogens with one attached hydrogen (secondary N) is 1. The van der Waals surface area contributed by atoms with Crippen LogP contribution < -0.4 is 5.32 Å². The van der Waals surface area contributed by atoms with Crippen molar-refractivity contribution >= 4 is 31.9 Å². The normalized spacial score (nSPS) is 33.7. The molecule has 180 valence electrons. The summed E-state index contributed by atoms with van der Waals surface area (Å²) in [5.41, 5.74) is -0.795. The molecular formula is C19H25N3O9P2. The maximum Gasteiger partial charge on any atom is 0.340 e. The van der Waals surface area contributed by atoms with E-state index >= 15 is 0 Å². The van der Waals surface area contributed by atoms with E-state index in [2.05, 4.69) is 15.3 Å². The Labute approximate surface area is 188 Å². The predicted octanol–water partition coefficient (Wildman–Crippen LogP) is 1.24. The first-order valence-corrected chi connectivity index (χ1v) is 14.2. The van der Waals surface area contributed by atoms with E-state index in [1.807, 2.05) is 6.07 Å². The zero-order valence-electron chi connectivity index (χ0n) is 17.4. The van der Waals surface area contributed by atoms with Gasteiger partial charge >= 0.3 is 15.2 Å². The van der Waals surface area contributed by atoms with Gasteiger partial charge in [-0.15, -0.1) is 0 Å². The zero-order chi connectivity index (χ0) is 23.6. The molecule has 1 saturated heterocycles. The molecule has 3 aliphatic rings. The zero-order valence-corrected chi connectivity index (χ0v) is 19.2. The van der Waals surface area contributed by atoms with E-state index in [0.29, 0.717) is 17.1 Å². The van der Waals surface area contributed by atoms with Crippen molar-refractivity contribution in [2.75, 3.05) is 11.2 Å². The summed E-state index contributed by atoms with van der Waals surface area (Å²) >= 11 is 0. The van der Waals surface area contributed by atoms with Crippen LogP contribution in [0.2, 0.25) is 0 Å². The molecule has 0 bridgehead atoms. The van der Waals surface area contributed by atoms with E-state index in [0.717, 1.165) is 24.0 Å². The lowest BCUT2D eigenvalue weighted by Gasteiger charge is -2.24. The summed E-state index contributed by atoms with van der Waals surface area (Å²) in [6.07, 6.45) is 1.07. The van der Waals surface area contributed by atoms with Crippen molar-refractivity contribution in [1.29, 1.82) is 0 Å². The molecule has 2 aromatic rings. The second-order valence-electron chi connectivity index (χ2n) is 8.90. The number of anilines is 1. The lowest BCUT2D eigenvalue weighted by molar-refractivity contribution is -0.0630. The lowest BCUT2D eigenvalue weighted by Crippen LogP contribution is -2.35. The Morgan fingerprint density at radius 1 is 1.18 bits per heavy atom. The molecule has 5 rings (SSSR count). The molecule has 33 heavy (non-hydrogen) atoms. The van der Waals surface area contributed by atoms with Crippen molar-refractivity contribution in [3.8, 4) is 0 Å². The number of fused-ring (bicyclic) bond motifs is 2. The highest BCUT2D eigenvalue weighted by molar-refractivity contribution is 7.70. The molecule has 0 spiro atoms. The maximum atomic E-state index is 12.0. The van der Waals surface area contributed by atoms with Gasteiger partial charge in [-0.05, 0) is 30.5 Å². The van der Waals surface area contributed by atoms with Crippen molar-refractivity contribution in [2.45, 2.75) is 61.7 Å². The fraction of sp³-hybridized carbons (Fsp3) is 0.579. The molecule has 1 aliphatic heterocycles. The van der Waals surface area contributed by atoms with Gasteiger partial charge in [-0.2, -0.15) is 0 Å². The summed E-state index contributed by atoms with van der Waals surface area (Å²) in [7, 11) is -9.53. The van der Waals surface area contributed by atoms with Crippen LogP contribution in [0, 0.1) is 0 Å².